The molecule has 0 aromatic carbocycles. The molecule has 1 saturated heterocycles. The first-order valence-corrected chi connectivity index (χ1v) is 6.57. The Bertz CT molecular complexity index is 229. The molecule has 88 valence electrons. The Kier molecular flexibility index (Phi) is 4.62. The van der Waals surface area contributed by atoms with Gasteiger partial charge in [0.05, 0.1) is 5.71 Å². The lowest BCUT2D eigenvalue weighted by Crippen LogP contribution is -2.29. The van der Waals surface area contributed by atoms with Crippen LogP contribution in [0.25, 0.3) is 0 Å². The number of rotatable bonds is 2. The van der Waals surface area contributed by atoms with Crippen LogP contribution in [0, 0.1) is 5.92 Å². The van der Waals surface area contributed by atoms with Gasteiger partial charge in [0, 0.05) is 19.1 Å². The molecule has 4 heteroatoms. The molecular weight excluding hydrogens is 210 g/mol. The van der Waals surface area contributed by atoms with Gasteiger partial charge in [-0.15, -0.1) is 0 Å². The third-order valence-corrected chi connectivity index (χ3v) is 4.06. The van der Waals surface area contributed by atoms with Crippen LogP contribution in [0.2, 0.25) is 0 Å². The van der Waals surface area contributed by atoms with Crippen molar-refractivity contribution in [2.45, 2.75) is 45.3 Å². The van der Waals surface area contributed by atoms with Gasteiger partial charge in [-0.2, -0.15) is 0 Å². The molecule has 1 heterocycles. The van der Waals surface area contributed by atoms with E-state index in [4.69, 9.17) is 4.74 Å². The average molecular weight is 231 g/mol. The van der Waals surface area contributed by atoms with Gasteiger partial charge in [-0.1, -0.05) is 4.40 Å². The lowest BCUT2D eigenvalue weighted by molar-refractivity contribution is 0.0827. The van der Waals surface area contributed by atoms with Gasteiger partial charge in [0.2, 0.25) is 0 Å². The maximum atomic E-state index is 11.8. The van der Waals surface area contributed by atoms with E-state index in [0.717, 1.165) is 31.8 Å². The second kappa shape index (κ2) is 5.32. The van der Waals surface area contributed by atoms with Crippen LogP contribution in [0.1, 0.15) is 40.5 Å². The fourth-order valence-electron chi connectivity index (χ4n) is 1.46. The molecule has 0 bridgehead atoms. The molecule has 15 heavy (non-hydrogen) atoms. The van der Waals surface area contributed by atoms with Gasteiger partial charge in [-0.05, 0) is 40.5 Å². The van der Waals surface area contributed by atoms with Crippen LogP contribution in [0.5, 0.6) is 0 Å². The van der Waals surface area contributed by atoms with Crippen LogP contribution in [0.3, 0.4) is 0 Å². The summed E-state index contributed by atoms with van der Waals surface area (Å²) in [5.41, 5.74) is 1.02. The van der Waals surface area contributed by atoms with E-state index in [2.05, 4.69) is 4.40 Å². The Morgan fingerprint density at radius 1 is 1.33 bits per heavy atom. The Balaban J connectivity index is 2.57. The highest BCUT2D eigenvalue weighted by atomic mass is 32.2. The Morgan fingerprint density at radius 3 is 2.33 bits per heavy atom. The summed E-state index contributed by atoms with van der Waals surface area (Å²) in [7, 11) is 0. The molecule has 3 nitrogen and oxygen atoms in total. The molecule has 0 N–H and O–H groups in total. The van der Waals surface area contributed by atoms with Crippen molar-refractivity contribution in [2.75, 3.05) is 13.2 Å². The highest BCUT2D eigenvalue weighted by molar-refractivity contribution is 7.91. The average Bonchev–Trinajstić information content (AvgIpc) is 2.17. The SMILES string of the molecule is C/C(=N\[S+]([O-])C(C)(C)C)C1CCOCC1. The molecular formula is C11H21NO2S. The van der Waals surface area contributed by atoms with E-state index in [1.54, 1.807) is 0 Å². The third-order valence-electron chi connectivity index (χ3n) is 2.56. The van der Waals surface area contributed by atoms with E-state index in [1.165, 1.54) is 0 Å². The minimum atomic E-state index is -1.12. The van der Waals surface area contributed by atoms with Crippen LogP contribution < -0.4 is 0 Å². The largest absolute Gasteiger partial charge is 0.591 e. The second-order valence-electron chi connectivity index (χ2n) is 4.98. The van der Waals surface area contributed by atoms with E-state index in [-0.39, 0.29) is 4.75 Å². The summed E-state index contributed by atoms with van der Waals surface area (Å²) in [6, 6.07) is 0. The molecule has 1 fully saturated rings. The molecule has 0 spiro atoms. The van der Waals surface area contributed by atoms with E-state index in [0.29, 0.717) is 5.92 Å². The summed E-state index contributed by atoms with van der Waals surface area (Å²) in [5, 5.41) is 0. The van der Waals surface area contributed by atoms with Crippen molar-refractivity contribution in [3.63, 3.8) is 0 Å². The normalized spacial score (nSPS) is 22.9. The molecule has 1 aliphatic heterocycles. The first-order chi connectivity index (χ1) is 6.91. The maximum Gasteiger partial charge on any atom is 0.144 e. The van der Waals surface area contributed by atoms with Crippen LogP contribution in [0.4, 0.5) is 0 Å². The van der Waals surface area contributed by atoms with Gasteiger partial charge in [-0.25, -0.2) is 0 Å². The topological polar surface area (TPSA) is 44.7 Å². The van der Waals surface area contributed by atoms with Crippen LogP contribution in [0.15, 0.2) is 4.40 Å². The van der Waals surface area contributed by atoms with Crippen molar-refractivity contribution in [1.82, 2.24) is 0 Å². The maximum absolute atomic E-state index is 11.8. The molecule has 0 aliphatic carbocycles. The number of hydrogen-bond acceptors (Lipinski definition) is 3. The number of hydrogen-bond donors (Lipinski definition) is 0. The van der Waals surface area contributed by atoms with Gasteiger partial charge in [0.1, 0.15) is 16.1 Å². The van der Waals surface area contributed by atoms with Gasteiger partial charge < -0.3 is 9.29 Å². The Hall–Kier alpha value is -0.0600. The molecule has 1 rings (SSSR count). The first kappa shape index (κ1) is 13.0. The Morgan fingerprint density at radius 2 is 1.87 bits per heavy atom. The minimum Gasteiger partial charge on any atom is -0.591 e. The van der Waals surface area contributed by atoms with Crippen molar-refractivity contribution >= 4 is 17.1 Å². The van der Waals surface area contributed by atoms with Crippen molar-refractivity contribution in [3.8, 4) is 0 Å². The van der Waals surface area contributed by atoms with Gasteiger partial charge in [0.25, 0.3) is 0 Å². The number of ether oxygens (including phenoxy) is 1. The summed E-state index contributed by atoms with van der Waals surface area (Å²) in [6.07, 6.45) is 2.02. The van der Waals surface area contributed by atoms with E-state index in [1.807, 2.05) is 27.7 Å². The summed E-state index contributed by atoms with van der Waals surface area (Å²) in [6.45, 7) is 9.44. The summed E-state index contributed by atoms with van der Waals surface area (Å²) < 4.78 is 21.1. The molecule has 0 saturated carbocycles. The van der Waals surface area contributed by atoms with Crippen molar-refractivity contribution in [1.29, 1.82) is 0 Å². The van der Waals surface area contributed by atoms with Crippen molar-refractivity contribution in [3.05, 3.63) is 0 Å². The highest BCUT2D eigenvalue weighted by Crippen LogP contribution is 2.21. The predicted octanol–water partition coefficient (Wildman–Crippen LogP) is 2.34. The monoisotopic (exact) mass is 231 g/mol. The molecule has 0 aromatic heterocycles. The van der Waals surface area contributed by atoms with Crippen LogP contribution >= 0.6 is 0 Å². The lowest BCUT2D eigenvalue weighted by Gasteiger charge is -2.23. The zero-order valence-corrected chi connectivity index (χ0v) is 10.9. The van der Waals surface area contributed by atoms with E-state index in [9.17, 15) is 4.55 Å². The Labute approximate surface area is 95.6 Å². The zero-order valence-electron chi connectivity index (χ0n) is 10.1. The van der Waals surface area contributed by atoms with E-state index < -0.39 is 11.4 Å². The zero-order chi connectivity index (χ0) is 11.5. The van der Waals surface area contributed by atoms with Gasteiger partial charge in [-0.3, -0.25) is 0 Å². The summed E-state index contributed by atoms with van der Waals surface area (Å²) >= 11 is -1.12. The molecule has 0 amide bonds. The molecule has 0 aromatic rings. The molecule has 0 radical (unpaired) electrons. The predicted molar refractivity (Wildman–Crippen MR) is 64.5 cm³/mol. The fraction of sp³-hybridized carbons (Fsp3) is 0.909. The molecule has 1 atom stereocenters. The van der Waals surface area contributed by atoms with Gasteiger partial charge in [0.15, 0.2) is 0 Å². The second-order valence-corrected chi connectivity index (χ2v) is 6.89. The standard InChI is InChI=1S/C11H21NO2S/c1-9(10-5-7-14-8-6-10)12-15(13)11(2,3)4/h10H,5-8H2,1-4H3/b12-9+. The van der Waals surface area contributed by atoms with Crippen LogP contribution in [-0.2, 0) is 16.1 Å². The van der Waals surface area contributed by atoms with E-state index >= 15 is 0 Å². The minimum absolute atomic E-state index is 0.258. The fourth-order valence-corrected chi connectivity index (χ4v) is 2.14. The lowest BCUT2D eigenvalue weighted by atomic mass is 9.96. The van der Waals surface area contributed by atoms with Gasteiger partial charge >= 0.3 is 0 Å². The molecule has 1 aliphatic rings. The smallest absolute Gasteiger partial charge is 0.144 e. The summed E-state index contributed by atoms with van der Waals surface area (Å²) in [5.74, 6) is 0.463. The quantitative estimate of drug-likeness (QED) is 0.541. The third kappa shape index (κ3) is 4.13. The molecule has 1 unspecified atom stereocenters. The van der Waals surface area contributed by atoms with Crippen molar-refractivity contribution < 1.29 is 9.29 Å². The number of nitrogens with zero attached hydrogens (tertiary/aromatic N) is 1. The summed E-state index contributed by atoms with van der Waals surface area (Å²) in [4.78, 5) is 0. The van der Waals surface area contributed by atoms with Crippen LogP contribution in [-0.4, -0.2) is 28.2 Å². The highest BCUT2D eigenvalue weighted by Gasteiger charge is 2.28. The van der Waals surface area contributed by atoms with Crippen molar-refractivity contribution in [2.24, 2.45) is 10.3 Å². The first-order valence-electron chi connectivity index (χ1n) is 5.46.